The van der Waals surface area contributed by atoms with Gasteiger partial charge in [0.1, 0.15) is 13.2 Å². The Morgan fingerprint density at radius 3 is 1.84 bits per heavy atom. The Kier molecular flexibility index (Phi) is 21.2. The van der Waals surface area contributed by atoms with Crippen LogP contribution in [-0.4, -0.2) is 125 Å². The first-order chi connectivity index (χ1) is 24.0. The molecule has 266 valence electrons. The molecule has 0 radical (unpaired) electrons. The smallest absolute Gasteiger partial charge is 0.265 e. The third-order valence-electron chi connectivity index (χ3n) is 5.97. The second kappa shape index (κ2) is 26.6. The minimum atomic E-state index is -2.82. The summed E-state index contributed by atoms with van der Waals surface area (Å²) in [4.78, 5) is 6.61. The summed E-state index contributed by atoms with van der Waals surface area (Å²) in [6.45, 7) is 27.3. The molecule has 2 heterocycles. The number of aliphatic hydroxyl groups excluding tert-OH is 2. The molecule has 12 nitrogen and oxygen atoms in total. The van der Waals surface area contributed by atoms with Crippen LogP contribution in [0.2, 0.25) is 0 Å². The van der Waals surface area contributed by atoms with Crippen LogP contribution >= 0.6 is 15.2 Å². The third kappa shape index (κ3) is 17.6. The molecule has 0 aliphatic carbocycles. The first-order valence-corrected chi connectivity index (χ1v) is 18.7. The summed E-state index contributed by atoms with van der Waals surface area (Å²) in [5.74, 6) is 0. The van der Waals surface area contributed by atoms with Crippen LogP contribution in [0.15, 0.2) is 0 Å². The van der Waals surface area contributed by atoms with Gasteiger partial charge in [0.05, 0.1) is 27.2 Å². The molecule has 2 aliphatic heterocycles. The Morgan fingerprint density at radius 1 is 0.933 bits per heavy atom. The maximum Gasteiger partial charge on any atom is 0.265 e. The van der Waals surface area contributed by atoms with Crippen molar-refractivity contribution in [1.29, 1.82) is 2.86 Å². The lowest BCUT2D eigenvalue weighted by molar-refractivity contribution is 0.0539. The number of hydrogen-bond acceptors (Lipinski definition) is 10. The van der Waals surface area contributed by atoms with Gasteiger partial charge in [-0.25, -0.2) is 22.5 Å². The van der Waals surface area contributed by atoms with Gasteiger partial charge in [-0.05, 0) is 93.8 Å². The van der Waals surface area contributed by atoms with Gasteiger partial charge < -0.3 is 47.5 Å². The molecule has 0 amide bonds. The zero-order chi connectivity index (χ0) is 39.7. The maximum atomic E-state index is 7.75. The van der Waals surface area contributed by atoms with Crippen LogP contribution in [0.5, 0.6) is 0 Å². The van der Waals surface area contributed by atoms with Crippen molar-refractivity contribution in [3.05, 3.63) is 22.8 Å². The summed E-state index contributed by atoms with van der Waals surface area (Å²) in [7, 11) is 1.25. The zero-order valence-electron chi connectivity index (χ0n) is 34.8. The Bertz CT molecular complexity index is 1010. The van der Waals surface area contributed by atoms with E-state index in [1.807, 2.05) is 32.4 Å². The molecule has 2 rings (SSSR count). The maximum absolute atomic E-state index is 7.75. The molecule has 2 aliphatic rings. The molecular weight excluding hydrogens is 638 g/mol. The molecule has 2 fully saturated rings. The van der Waals surface area contributed by atoms with Gasteiger partial charge in [0.25, 0.3) is 15.2 Å². The Morgan fingerprint density at radius 2 is 1.40 bits per heavy atom. The molecule has 0 bridgehead atoms. The Balaban J connectivity index is 0. The fourth-order valence-corrected chi connectivity index (χ4v) is 10.1. The van der Waals surface area contributed by atoms with Gasteiger partial charge in [0.15, 0.2) is 0 Å². The summed E-state index contributed by atoms with van der Waals surface area (Å²) in [5.41, 5.74) is 0. The van der Waals surface area contributed by atoms with Gasteiger partial charge >= 0.3 is 0 Å². The summed E-state index contributed by atoms with van der Waals surface area (Å²) >= 11 is 5.78. The molecule has 2 saturated heterocycles. The minimum absolute atomic E-state index is 0.0286. The average Bonchev–Trinajstić information content (AvgIpc) is 3.57. The molecule has 0 saturated carbocycles. The van der Waals surface area contributed by atoms with E-state index in [0.29, 0.717) is 26.0 Å². The highest BCUT2D eigenvalue weighted by atomic mass is 32.5. The molecule has 0 spiro atoms. The summed E-state index contributed by atoms with van der Waals surface area (Å²) in [6.07, 6.45) is -0.687. The van der Waals surface area contributed by atoms with E-state index in [1.54, 1.807) is 0 Å². The monoisotopic (exact) mass is 710 g/mol. The largest absolute Gasteiger partial charge is 0.400 e. The third-order valence-corrected chi connectivity index (χ3v) is 11.8. The number of aliphatic hydroxyl groups is 2. The number of ether oxygens (including phenoxy) is 2. The first-order valence-electron chi connectivity index (χ1n) is 18.4. The number of nitrogens with zero attached hydrogens (tertiary/aromatic N) is 4. The van der Waals surface area contributed by atoms with Crippen molar-refractivity contribution in [1.82, 2.24) is 9.34 Å². The van der Waals surface area contributed by atoms with E-state index in [-0.39, 0.29) is 63.3 Å². The van der Waals surface area contributed by atoms with E-state index < -0.39 is 40.5 Å². The quantitative estimate of drug-likeness (QED) is 0.110. The normalized spacial score (nSPS) is 28.1. The van der Waals surface area contributed by atoms with Crippen molar-refractivity contribution in [2.45, 2.75) is 131 Å². The van der Waals surface area contributed by atoms with E-state index in [0.717, 1.165) is 0 Å². The fourth-order valence-electron chi connectivity index (χ4n) is 4.34. The lowest BCUT2D eigenvalue weighted by atomic mass is 10.2. The predicted molar refractivity (Wildman–Crippen MR) is 186 cm³/mol. The minimum Gasteiger partial charge on any atom is -0.400 e. The van der Waals surface area contributed by atoms with Crippen LogP contribution in [0.3, 0.4) is 0 Å². The van der Waals surface area contributed by atoms with Crippen LogP contribution in [0.4, 0.5) is 0 Å². The van der Waals surface area contributed by atoms with Crippen molar-refractivity contribution < 1.29 is 43.3 Å². The molecule has 8 atom stereocenters. The van der Waals surface area contributed by atoms with Crippen molar-refractivity contribution in [3.63, 3.8) is 0 Å². The number of hydrogen-bond donors (Lipinski definition) is 2. The number of rotatable bonds is 16. The van der Waals surface area contributed by atoms with E-state index in [4.69, 9.17) is 60.9 Å². The predicted octanol–water partition coefficient (Wildman–Crippen LogP) is 6.14. The summed E-state index contributed by atoms with van der Waals surface area (Å²) < 4.78 is 81.0. The molecule has 15 heteroatoms. The highest BCUT2D eigenvalue weighted by Gasteiger charge is 2.39. The van der Waals surface area contributed by atoms with Crippen LogP contribution in [0.1, 0.15) is 87.5 Å². The van der Waals surface area contributed by atoms with Crippen molar-refractivity contribution in [2.75, 3.05) is 53.7 Å². The molecule has 4 unspecified atom stereocenters. The van der Waals surface area contributed by atoms with Gasteiger partial charge in [-0.15, -0.1) is 0 Å². The van der Waals surface area contributed by atoms with Crippen molar-refractivity contribution in [2.24, 2.45) is 0 Å². The zero-order valence-corrected chi connectivity index (χ0v) is 31.4. The van der Waals surface area contributed by atoms with Crippen LogP contribution in [0, 0.1) is 13.1 Å². The summed E-state index contributed by atoms with van der Waals surface area (Å²) in [6, 6.07) is 0.722. The molecule has 45 heavy (non-hydrogen) atoms. The van der Waals surface area contributed by atoms with Gasteiger partial charge in [-0.3, -0.25) is 0 Å². The standard InChI is InChI=1S/C14H27N2O3PS.C14H27N2O3P.2CH4O/c1-11(2)16(12(3)4)20(21,18-10-8-15-6)19-14-7-9-17-13(14)5;1-11(2)16(12(3)4)20(18-10-8-15-6)19-14-7-9-17-13(14)5;2*1-2/h11-14H,7-10H2,1-5H3;11-14H,7-10H2,1-5H3;2*2H,1H3/t2*13-,14?,20?;;/m11../s1/i2*5D,9T;2*2T/t2*9-,13-,14?,20?;;. The summed E-state index contributed by atoms with van der Waals surface area (Å²) in [5, 5.41) is 7.00. The topological polar surface area (TPSA) is 111 Å². The second-order valence-corrected chi connectivity index (χ2v) is 15.4. The Hall–Kier alpha value is -0.340. The van der Waals surface area contributed by atoms with Crippen LogP contribution in [0.25, 0.3) is 9.69 Å². The van der Waals surface area contributed by atoms with Gasteiger partial charge in [0, 0.05) is 54.3 Å². The fraction of sp³-hybridized carbons (Fsp3) is 0.933. The van der Waals surface area contributed by atoms with E-state index in [9.17, 15) is 0 Å². The second-order valence-electron chi connectivity index (χ2n) is 10.7. The van der Waals surface area contributed by atoms with Gasteiger partial charge in [-0.2, -0.15) is 0 Å². The lowest BCUT2D eigenvalue weighted by Gasteiger charge is -2.40. The van der Waals surface area contributed by atoms with Crippen molar-refractivity contribution >= 4 is 27.0 Å². The van der Waals surface area contributed by atoms with Crippen LogP contribution in [-0.2, 0) is 39.4 Å². The van der Waals surface area contributed by atoms with Gasteiger partial charge in [0.2, 0.25) is 16.0 Å². The molecule has 0 aromatic heterocycles. The Labute approximate surface area is 289 Å². The van der Waals surface area contributed by atoms with E-state index in [2.05, 4.69) is 52.3 Å². The SMILES string of the molecule is [2H]C[C@H]1O[C@H]([3H])CC1OP(=S)(OCC[N+]#[C-])N(C(C)C)C(C)C.[2H]C[C@H]1O[C@H]([3H])CC1OP(OCC[N+]#[C-])N(C(C)C)C(C)C.[3H]OC.[3H]OC. The highest BCUT2D eigenvalue weighted by Crippen LogP contribution is 2.56. The molecular formula is C30H62N4O8P2S. The van der Waals surface area contributed by atoms with Crippen LogP contribution < -0.4 is 0 Å². The molecule has 0 aromatic rings. The highest BCUT2D eigenvalue weighted by molar-refractivity contribution is 8.08. The molecule has 0 aromatic carbocycles. The lowest BCUT2D eigenvalue weighted by Crippen LogP contribution is -2.37. The van der Waals surface area contributed by atoms with Crippen molar-refractivity contribution in [3.8, 4) is 0 Å². The van der Waals surface area contributed by atoms with E-state index in [1.165, 1.54) is 14.2 Å². The average molecular weight is 711 g/mol. The first kappa shape index (κ1) is 36.0. The van der Waals surface area contributed by atoms with Gasteiger partial charge in [-0.1, -0.05) is 0 Å². The van der Waals surface area contributed by atoms with E-state index >= 15 is 0 Å². The molecule has 2 N–H and O–H groups in total.